The van der Waals surface area contributed by atoms with Crippen LogP contribution in [0.1, 0.15) is 123 Å². The Balaban J connectivity index is -0.000000154. The number of carbonyl (C=O) groups excluding carboxylic acids is 15. The Labute approximate surface area is 366 Å². The van der Waals surface area contributed by atoms with Gasteiger partial charge in [-0.2, -0.15) is 0 Å². The maximum Gasteiger partial charge on any atom is 4.00 e. The van der Waals surface area contributed by atoms with E-state index in [1.54, 1.807) is 0 Å². The van der Waals surface area contributed by atoms with Gasteiger partial charge >= 0.3 is 27.7 Å². The number of rotatable bonds is 20. The molecule has 61 heavy (non-hydrogen) atoms. The van der Waals surface area contributed by atoms with Crippen molar-refractivity contribution in [3.63, 3.8) is 0 Å². The van der Waals surface area contributed by atoms with Crippen LogP contribution in [0.4, 0.5) is 0 Å². The van der Waals surface area contributed by atoms with Gasteiger partial charge in [0.05, 0.1) is 23.9 Å². The number of carbonyl (C=O) groups is 16. The Kier molecular flexibility index (Phi) is 31.8. The Morgan fingerprint density at radius 1 is 0.361 bits per heavy atom. The van der Waals surface area contributed by atoms with Crippen LogP contribution in [-0.4, -0.2) is 98.6 Å². The van der Waals surface area contributed by atoms with Gasteiger partial charge in [0.2, 0.25) is 0 Å². The summed E-state index contributed by atoms with van der Waals surface area (Å²) in [4.78, 5) is 172. The first kappa shape index (κ1) is 67.2. The summed E-state index contributed by atoms with van der Waals surface area (Å²) in [6.07, 6.45) is -0.222. The molecule has 0 aromatic heterocycles. The van der Waals surface area contributed by atoms with Crippen molar-refractivity contribution in [1.82, 2.24) is 0 Å². The molecule has 21 nitrogen and oxygen atoms in total. The van der Waals surface area contributed by atoms with E-state index in [-0.39, 0.29) is 47.4 Å². The zero-order valence-corrected chi connectivity index (χ0v) is 38.1. The van der Waals surface area contributed by atoms with E-state index < -0.39 is 121 Å². The molecule has 0 heterocycles. The van der Waals surface area contributed by atoms with E-state index in [1.807, 2.05) is 0 Å². The molecule has 0 radical (unpaired) electrons. The summed E-state index contributed by atoms with van der Waals surface area (Å²) in [5.74, 6) is -18.0. The van der Waals surface area contributed by atoms with Gasteiger partial charge in [-0.1, -0.05) is 27.7 Å². The molecule has 0 aliphatic heterocycles. The van der Waals surface area contributed by atoms with Gasteiger partial charge in [-0.05, 0) is 94.9 Å². The van der Waals surface area contributed by atoms with E-state index >= 15 is 0 Å². The first-order chi connectivity index (χ1) is 26.9. The van der Waals surface area contributed by atoms with Crippen LogP contribution in [0.15, 0.2) is 0 Å². The summed E-state index contributed by atoms with van der Waals surface area (Å²) >= 11 is 0. The zero-order chi connectivity index (χ0) is 49.6. The third-order valence-electron chi connectivity index (χ3n) is 9.61. The molecular formula is C39H52O21Ti. The minimum absolute atomic E-state index is 0. The van der Waals surface area contributed by atoms with Crippen LogP contribution in [0.3, 0.4) is 0 Å². The van der Waals surface area contributed by atoms with Crippen LogP contribution < -0.4 is 20.4 Å². The summed E-state index contributed by atoms with van der Waals surface area (Å²) < 4.78 is 0. The van der Waals surface area contributed by atoms with Crippen molar-refractivity contribution in [3.05, 3.63) is 0 Å². The first-order valence-electron chi connectivity index (χ1n) is 17.7. The Morgan fingerprint density at radius 3 is 0.508 bits per heavy atom. The predicted molar refractivity (Wildman–Crippen MR) is 194 cm³/mol. The van der Waals surface area contributed by atoms with Gasteiger partial charge in [0, 0.05) is 0 Å². The maximum absolute atomic E-state index is 10.9. The van der Waals surface area contributed by atoms with E-state index in [4.69, 9.17) is 5.11 Å². The number of carboxylic acid groups (broad SMARTS) is 5. The Bertz CT molecular complexity index is 1410. The number of Topliss-reactive ketones (excluding diaryl/α,β-unsaturated/α-hetero) is 11. The van der Waals surface area contributed by atoms with Gasteiger partial charge in [0.1, 0.15) is 85.4 Å². The second-order valence-electron chi connectivity index (χ2n) is 13.0. The van der Waals surface area contributed by atoms with Crippen LogP contribution in [0, 0.1) is 27.6 Å². The third kappa shape index (κ3) is 16.8. The first-order valence-corrected chi connectivity index (χ1v) is 17.7. The number of hydrogen-bond donors (Lipinski definition) is 1. The third-order valence-corrected chi connectivity index (χ3v) is 9.61. The SMILES string of the molecule is CC(=O)C(C(C)=O)C(=O)C(=O)O.CCC(C(C)=O)(C(C)=O)C(=O)[O-].CCC(C(C)=O)(C(C)=O)C(=O)[O-].CCC(C(C)=O)(C(C)=O)C(=O)[O-].CCC(C(C)=O)(C(C)=O)C(=O)[O-].[Ti+4]. The van der Waals surface area contributed by atoms with E-state index in [0.717, 1.165) is 69.2 Å². The fourth-order valence-corrected chi connectivity index (χ4v) is 5.49. The molecule has 0 saturated heterocycles. The van der Waals surface area contributed by atoms with Crippen molar-refractivity contribution in [2.75, 3.05) is 0 Å². The standard InChI is InChI=1S/4C8H12O4.C7H8O5.Ti/c4*1-4-8(5(2)9,6(3)10)7(11)12;1-3(8)5(4(2)9)6(10)7(11)12;/h4*4H2,1-3H3,(H,11,12);5H,1-2H3,(H,11,12);/q;;;;;+4/p-4. The molecule has 0 unspecified atom stereocenters. The molecule has 0 aliphatic rings. The monoisotopic (exact) mass is 904 g/mol. The topological polar surface area (TPSA) is 386 Å². The van der Waals surface area contributed by atoms with Crippen molar-refractivity contribution >= 4 is 93.5 Å². The summed E-state index contributed by atoms with van der Waals surface area (Å²) in [5.41, 5.74) is -7.72. The molecule has 0 aromatic carbocycles. The van der Waals surface area contributed by atoms with Crippen LogP contribution in [-0.2, 0) is 98.4 Å². The molecule has 0 rings (SSSR count). The molecule has 1 N–H and O–H groups in total. The van der Waals surface area contributed by atoms with E-state index in [0.29, 0.717) is 0 Å². The number of aliphatic carboxylic acids is 5. The van der Waals surface area contributed by atoms with Gasteiger partial charge < -0.3 is 44.7 Å². The smallest absolute Gasteiger partial charge is 0.549 e. The van der Waals surface area contributed by atoms with Gasteiger partial charge in [-0.25, -0.2) is 4.79 Å². The van der Waals surface area contributed by atoms with E-state index in [9.17, 15) is 97.1 Å². The van der Waals surface area contributed by atoms with Crippen LogP contribution in [0.5, 0.6) is 0 Å². The Morgan fingerprint density at radius 2 is 0.492 bits per heavy atom. The fraction of sp³-hybridized carbons (Fsp3) is 0.590. The van der Waals surface area contributed by atoms with Crippen molar-refractivity contribution < 1.29 is 124 Å². The molecule has 0 aromatic rings. The molecule has 0 bridgehead atoms. The molecule has 22 heteroatoms. The van der Waals surface area contributed by atoms with Gasteiger partial charge in [-0.3, -0.25) is 52.7 Å². The van der Waals surface area contributed by atoms with Crippen LogP contribution in [0.25, 0.3) is 0 Å². The molecule has 0 atom stereocenters. The summed E-state index contributed by atoms with van der Waals surface area (Å²) in [6.45, 7) is 16.6. The predicted octanol–water partition coefficient (Wildman–Crippen LogP) is -3.33. The molecule has 0 amide bonds. The zero-order valence-electron chi connectivity index (χ0n) is 36.5. The van der Waals surface area contributed by atoms with Gasteiger partial charge in [-0.15, -0.1) is 0 Å². The molecule has 338 valence electrons. The number of ketones is 11. The quantitative estimate of drug-likeness (QED) is 0.0709. The summed E-state index contributed by atoms with van der Waals surface area (Å²) in [5, 5.41) is 50.5. The number of hydrogen-bond acceptors (Lipinski definition) is 20. The molecule has 0 saturated carbocycles. The average Bonchev–Trinajstić information content (AvgIpc) is 3.05. The van der Waals surface area contributed by atoms with Crippen molar-refractivity contribution in [2.24, 2.45) is 27.6 Å². The van der Waals surface area contributed by atoms with Crippen LogP contribution >= 0.6 is 0 Å². The Hall–Kier alpha value is -5.57. The molecule has 0 fully saturated rings. The minimum Gasteiger partial charge on any atom is -0.549 e. The van der Waals surface area contributed by atoms with Gasteiger partial charge in [0.25, 0.3) is 5.78 Å². The number of carboxylic acids is 5. The summed E-state index contributed by atoms with van der Waals surface area (Å²) in [7, 11) is 0. The van der Waals surface area contributed by atoms with Crippen molar-refractivity contribution in [2.45, 2.75) is 123 Å². The maximum atomic E-state index is 10.9. The van der Waals surface area contributed by atoms with Crippen molar-refractivity contribution in [1.29, 1.82) is 0 Å². The van der Waals surface area contributed by atoms with E-state index in [1.165, 1.54) is 27.7 Å². The second-order valence-corrected chi connectivity index (χ2v) is 13.0. The minimum atomic E-state index is -1.93. The second kappa shape index (κ2) is 28.8. The van der Waals surface area contributed by atoms with E-state index in [2.05, 4.69) is 0 Å². The largest absolute Gasteiger partial charge is 4.00 e. The van der Waals surface area contributed by atoms with Crippen molar-refractivity contribution in [3.8, 4) is 0 Å². The van der Waals surface area contributed by atoms with Crippen LogP contribution in [0.2, 0.25) is 0 Å². The molecule has 0 spiro atoms. The van der Waals surface area contributed by atoms with Gasteiger partial charge in [0.15, 0.2) is 0 Å². The summed E-state index contributed by atoms with van der Waals surface area (Å²) in [6, 6.07) is 0. The average molecular weight is 905 g/mol. The molecule has 0 aliphatic carbocycles. The normalized spacial score (nSPS) is 10.5. The molecular weight excluding hydrogens is 852 g/mol. The fourth-order valence-electron chi connectivity index (χ4n) is 5.49.